The molecule has 1 aromatic rings. The van der Waals surface area contributed by atoms with Gasteiger partial charge in [0.15, 0.2) is 0 Å². The van der Waals surface area contributed by atoms with Crippen LogP contribution in [0.2, 0.25) is 0 Å². The van der Waals surface area contributed by atoms with E-state index in [2.05, 4.69) is 22.2 Å². The van der Waals surface area contributed by atoms with Crippen LogP contribution in [0.5, 0.6) is 0 Å². The number of rotatable bonds is 4. The highest BCUT2D eigenvalue weighted by Crippen LogP contribution is 2.18. The zero-order chi connectivity index (χ0) is 12.3. The Balaban J connectivity index is 2.07. The van der Waals surface area contributed by atoms with E-state index < -0.39 is 0 Å². The Kier molecular flexibility index (Phi) is 4.07. The van der Waals surface area contributed by atoms with Gasteiger partial charge in [-0.2, -0.15) is 0 Å². The molecule has 0 aromatic carbocycles. The van der Waals surface area contributed by atoms with Gasteiger partial charge < -0.3 is 10.1 Å². The van der Waals surface area contributed by atoms with Gasteiger partial charge in [-0.05, 0) is 33.7 Å². The Morgan fingerprint density at radius 2 is 2.41 bits per heavy atom. The molecule has 17 heavy (non-hydrogen) atoms. The Labute approximate surface area is 103 Å². The quantitative estimate of drug-likeness (QED) is 0.864. The highest BCUT2D eigenvalue weighted by atomic mass is 16.5. The van der Waals surface area contributed by atoms with E-state index in [1.165, 1.54) is 12.0 Å². The summed E-state index contributed by atoms with van der Waals surface area (Å²) in [5.41, 5.74) is 2.23. The van der Waals surface area contributed by atoms with E-state index in [4.69, 9.17) is 4.74 Å². The molecule has 1 N–H and O–H groups in total. The van der Waals surface area contributed by atoms with Gasteiger partial charge in [0.25, 0.3) is 0 Å². The summed E-state index contributed by atoms with van der Waals surface area (Å²) in [6.07, 6.45) is 5.40. The average Bonchev–Trinajstić information content (AvgIpc) is 2.81. The molecular formula is C13H21N3O. The first-order valence-electron chi connectivity index (χ1n) is 6.32. The smallest absolute Gasteiger partial charge is 0.131 e. The van der Waals surface area contributed by atoms with Gasteiger partial charge in [0, 0.05) is 36.5 Å². The van der Waals surface area contributed by atoms with Crippen LogP contribution >= 0.6 is 0 Å². The fraction of sp³-hybridized carbons (Fsp3) is 0.692. The molecule has 1 aliphatic rings. The standard InChI is InChI=1S/C13H21N3O/c1-9(14-3)12-8-15-13(16-10(12)2)7-11-5-4-6-17-11/h8-9,11,14H,4-7H2,1-3H3. The van der Waals surface area contributed by atoms with Crippen molar-refractivity contribution in [3.8, 4) is 0 Å². The lowest BCUT2D eigenvalue weighted by Gasteiger charge is -2.14. The maximum Gasteiger partial charge on any atom is 0.131 e. The van der Waals surface area contributed by atoms with E-state index in [9.17, 15) is 0 Å². The maximum absolute atomic E-state index is 5.60. The first kappa shape index (κ1) is 12.5. The molecule has 0 saturated carbocycles. The number of nitrogens with one attached hydrogen (secondary N) is 1. The normalized spacial score (nSPS) is 21.7. The van der Waals surface area contributed by atoms with Gasteiger partial charge in [0.2, 0.25) is 0 Å². The van der Waals surface area contributed by atoms with Gasteiger partial charge in [-0.15, -0.1) is 0 Å². The summed E-state index contributed by atoms with van der Waals surface area (Å²) in [6, 6.07) is 0.298. The van der Waals surface area contributed by atoms with E-state index in [1.807, 2.05) is 20.2 Å². The zero-order valence-corrected chi connectivity index (χ0v) is 10.9. The van der Waals surface area contributed by atoms with Crippen LogP contribution in [-0.2, 0) is 11.2 Å². The maximum atomic E-state index is 5.60. The molecule has 0 spiro atoms. The minimum atomic E-state index is 0.298. The molecule has 0 radical (unpaired) electrons. The zero-order valence-electron chi connectivity index (χ0n) is 10.9. The van der Waals surface area contributed by atoms with E-state index in [-0.39, 0.29) is 0 Å². The van der Waals surface area contributed by atoms with Crippen molar-refractivity contribution in [1.82, 2.24) is 15.3 Å². The fourth-order valence-electron chi connectivity index (χ4n) is 2.21. The monoisotopic (exact) mass is 235 g/mol. The minimum absolute atomic E-state index is 0.298. The third kappa shape index (κ3) is 3.01. The summed E-state index contributed by atoms with van der Waals surface area (Å²) in [6.45, 7) is 5.05. The molecule has 4 heteroatoms. The highest BCUT2D eigenvalue weighted by molar-refractivity contribution is 5.20. The molecule has 1 aromatic heterocycles. The lowest BCUT2D eigenvalue weighted by molar-refractivity contribution is 0.110. The van der Waals surface area contributed by atoms with Gasteiger partial charge in [-0.1, -0.05) is 0 Å². The summed E-state index contributed by atoms with van der Waals surface area (Å²) >= 11 is 0. The average molecular weight is 235 g/mol. The molecule has 1 fully saturated rings. The molecule has 0 aliphatic carbocycles. The van der Waals surface area contributed by atoms with Crippen LogP contribution in [0.1, 0.15) is 42.9 Å². The number of aryl methyl sites for hydroxylation is 1. The van der Waals surface area contributed by atoms with Crippen LogP contribution in [0, 0.1) is 6.92 Å². The van der Waals surface area contributed by atoms with E-state index in [0.717, 1.165) is 31.0 Å². The number of aromatic nitrogens is 2. The second kappa shape index (κ2) is 5.56. The van der Waals surface area contributed by atoms with E-state index in [0.29, 0.717) is 12.1 Å². The summed E-state index contributed by atoms with van der Waals surface area (Å²) in [7, 11) is 1.95. The van der Waals surface area contributed by atoms with Crippen molar-refractivity contribution in [1.29, 1.82) is 0 Å². The number of nitrogens with zero attached hydrogens (tertiary/aromatic N) is 2. The molecule has 2 unspecified atom stereocenters. The third-order valence-corrected chi connectivity index (χ3v) is 3.40. The first-order chi connectivity index (χ1) is 8.20. The molecule has 2 heterocycles. The first-order valence-corrected chi connectivity index (χ1v) is 6.32. The van der Waals surface area contributed by atoms with Crippen molar-refractivity contribution in [2.24, 2.45) is 0 Å². The molecule has 0 bridgehead atoms. The number of ether oxygens (including phenoxy) is 1. The SMILES string of the molecule is CNC(C)c1cnc(CC2CCCO2)nc1C. The van der Waals surface area contributed by atoms with Crippen LogP contribution < -0.4 is 5.32 Å². The fourth-order valence-corrected chi connectivity index (χ4v) is 2.21. The van der Waals surface area contributed by atoms with Crippen LogP contribution in [0.15, 0.2) is 6.20 Å². The van der Waals surface area contributed by atoms with Crippen LogP contribution in [0.4, 0.5) is 0 Å². The Bertz CT molecular complexity index is 375. The topological polar surface area (TPSA) is 47.0 Å². The van der Waals surface area contributed by atoms with Crippen molar-refractivity contribution in [3.05, 3.63) is 23.3 Å². The van der Waals surface area contributed by atoms with Crippen molar-refractivity contribution < 1.29 is 4.74 Å². The van der Waals surface area contributed by atoms with Gasteiger partial charge in [0.05, 0.1) is 6.10 Å². The molecule has 1 aliphatic heterocycles. The Morgan fingerprint density at radius 1 is 1.59 bits per heavy atom. The molecule has 0 amide bonds. The summed E-state index contributed by atoms with van der Waals surface area (Å²) in [5, 5.41) is 3.21. The van der Waals surface area contributed by atoms with Gasteiger partial charge in [0.1, 0.15) is 5.82 Å². The predicted octanol–water partition coefficient (Wildman–Crippen LogP) is 1.79. The molecule has 2 atom stereocenters. The number of hydrogen-bond acceptors (Lipinski definition) is 4. The van der Waals surface area contributed by atoms with Crippen LogP contribution in [0.3, 0.4) is 0 Å². The molecule has 1 saturated heterocycles. The van der Waals surface area contributed by atoms with Crippen molar-refractivity contribution in [2.75, 3.05) is 13.7 Å². The number of hydrogen-bond donors (Lipinski definition) is 1. The highest BCUT2D eigenvalue weighted by Gasteiger charge is 2.18. The summed E-state index contributed by atoms with van der Waals surface area (Å²) in [5.74, 6) is 0.904. The van der Waals surface area contributed by atoms with Gasteiger partial charge in [-0.25, -0.2) is 9.97 Å². The Morgan fingerprint density at radius 3 is 3.00 bits per heavy atom. The molecule has 2 rings (SSSR count). The summed E-state index contributed by atoms with van der Waals surface area (Å²) < 4.78 is 5.60. The lowest BCUT2D eigenvalue weighted by Crippen LogP contribution is -2.17. The molecule has 4 nitrogen and oxygen atoms in total. The third-order valence-electron chi connectivity index (χ3n) is 3.40. The van der Waals surface area contributed by atoms with Crippen LogP contribution in [0.25, 0.3) is 0 Å². The lowest BCUT2D eigenvalue weighted by atomic mass is 10.1. The molecule has 94 valence electrons. The van der Waals surface area contributed by atoms with E-state index >= 15 is 0 Å². The van der Waals surface area contributed by atoms with Crippen molar-refractivity contribution in [3.63, 3.8) is 0 Å². The minimum Gasteiger partial charge on any atom is -0.378 e. The van der Waals surface area contributed by atoms with Crippen molar-refractivity contribution >= 4 is 0 Å². The van der Waals surface area contributed by atoms with Crippen LogP contribution in [-0.4, -0.2) is 29.7 Å². The largest absolute Gasteiger partial charge is 0.378 e. The second-order valence-electron chi connectivity index (χ2n) is 4.68. The van der Waals surface area contributed by atoms with Crippen molar-refractivity contribution in [2.45, 2.75) is 45.3 Å². The predicted molar refractivity (Wildman–Crippen MR) is 66.9 cm³/mol. The Hall–Kier alpha value is -1.00. The van der Waals surface area contributed by atoms with E-state index in [1.54, 1.807) is 0 Å². The second-order valence-corrected chi connectivity index (χ2v) is 4.68. The molecular weight excluding hydrogens is 214 g/mol. The van der Waals surface area contributed by atoms with Gasteiger partial charge in [-0.3, -0.25) is 0 Å². The van der Waals surface area contributed by atoms with Gasteiger partial charge >= 0.3 is 0 Å². The summed E-state index contributed by atoms with van der Waals surface area (Å²) in [4.78, 5) is 9.02.